The highest BCUT2D eigenvalue weighted by Gasteiger charge is 2.34. The normalized spacial score (nSPS) is 18.5. The molecule has 4 rings (SSSR count). The minimum Gasteiger partial charge on any atom is -0.429 e. The summed E-state index contributed by atoms with van der Waals surface area (Å²) in [4.78, 5) is 0. The summed E-state index contributed by atoms with van der Waals surface area (Å²) < 4.78 is 34.5. The maximum Gasteiger partial charge on any atom is 0.426 e. The van der Waals surface area contributed by atoms with Crippen LogP contribution < -0.4 is 4.74 Å². The maximum atomic E-state index is 14.7. The smallest absolute Gasteiger partial charge is 0.426 e. The Balaban J connectivity index is 1.40. The number of halogens is 2. The minimum absolute atomic E-state index is 0.172. The monoisotopic (exact) mass is 430 g/mol. The Bertz CT molecular complexity index is 1080. The molecule has 0 aromatic heterocycles. The van der Waals surface area contributed by atoms with Crippen LogP contribution in [0.15, 0.2) is 72.8 Å². The van der Waals surface area contributed by atoms with E-state index < -0.39 is 6.11 Å². The Kier molecular flexibility index (Phi) is 6.61. The highest BCUT2D eigenvalue weighted by molar-refractivity contribution is 5.44. The molecule has 1 aliphatic rings. The van der Waals surface area contributed by atoms with E-state index in [-0.39, 0.29) is 11.3 Å². The van der Waals surface area contributed by atoms with E-state index in [0.717, 1.165) is 24.3 Å². The Labute approximate surface area is 189 Å². The molecule has 1 saturated carbocycles. The number of rotatable bonds is 4. The summed E-state index contributed by atoms with van der Waals surface area (Å²) in [6.07, 6.45) is 1.37. The van der Waals surface area contributed by atoms with Crippen molar-refractivity contribution >= 4 is 0 Å². The molecular weight excluding hydrogens is 402 g/mol. The summed E-state index contributed by atoms with van der Waals surface area (Å²) in [5.41, 5.74) is 3.75. The SMILES string of the molecule is Cc1ccc(C#Cc2ccc(C(F)(F)Oc3ccc(C4CCC(C)CC4)cc3)cc2)cc1. The van der Waals surface area contributed by atoms with Crippen LogP contribution in [0.1, 0.15) is 66.3 Å². The van der Waals surface area contributed by atoms with Crippen molar-refractivity contribution in [3.05, 3.63) is 101 Å². The van der Waals surface area contributed by atoms with Gasteiger partial charge in [-0.3, -0.25) is 0 Å². The van der Waals surface area contributed by atoms with E-state index in [0.29, 0.717) is 11.5 Å². The van der Waals surface area contributed by atoms with Crippen molar-refractivity contribution < 1.29 is 13.5 Å². The summed E-state index contributed by atoms with van der Waals surface area (Å²) in [6.45, 7) is 4.31. The third kappa shape index (κ3) is 5.56. The Morgan fingerprint density at radius 3 is 1.84 bits per heavy atom. The molecule has 0 spiro atoms. The second-order valence-corrected chi connectivity index (χ2v) is 8.84. The van der Waals surface area contributed by atoms with E-state index >= 15 is 0 Å². The van der Waals surface area contributed by atoms with Crippen LogP contribution in [0.25, 0.3) is 0 Å². The molecule has 3 aromatic carbocycles. The van der Waals surface area contributed by atoms with Crippen molar-refractivity contribution in [3.63, 3.8) is 0 Å². The van der Waals surface area contributed by atoms with Crippen molar-refractivity contribution in [3.8, 4) is 17.6 Å². The van der Waals surface area contributed by atoms with E-state index in [9.17, 15) is 8.78 Å². The standard InChI is InChI=1S/C29H28F2O/c1-21-3-7-23(8-4-21)9-10-24-11-17-27(18-12-24)29(30,31)32-28-19-15-26(16-20-28)25-13-5-22(2)6-14-25/h3-4,7-8,11-12,15-20,22,25H,5-6,13-14H2,1-2H3. The zero-order valence-electron chi connectivity index (χ0n) is 18.6. The molecule has 3 aromatic rings. The minimum atomic E-state index is -3.41. The van der Waals surface area contributed by atoms with Crippen molar-refractivity contribution in [1.82, 2.24) is 0 Å². The zero-order valence-corrected chi connectivity index (χ0v) is 18.6. The lowest BCUT2D eigenvalue weighted by Gasteiger charge is -2.26. The Morgan fingerprint density at radius 1 is 0.750 bits per heavy atom. The molecule has 1 fully saturated rings. The first kappa shape index (κ1) is 22.1. The number of hydrogen-bond acceptors (Lipinski definition) is 1. The number of aryl methyl sites for hydroxylation is 1. The van der Waals surface area contributed by atoms with Gasteiger partial charge in [-0.05, 0) is 85.7 Å². The van der Waals surface area contributed by atoms with Crippen molar-refractivity contribution in [2.75, 3.05) is 0 Å². The predicted octanol–water partition coefficient (Wildman–Crippen LogP) is 7.82. The van der Waals surface area contributed by atoms with E-state index in [1.165, 1.54) is 36.1 Å². The molecule has 164 valence electrons. The average Bonchev–Trinajstić information content (AvgIpc) is 2.80. The molecule has 1 aliphatic carbocycles. The first-order valence-corrected chi connectivity index (χ1v) is 11.2. The van der Waals surface area contributed by atoms with Gasteiger partial charge < -0.3 is 4.74 Å². The molecule has 0 bridgehead atoms. The van der Waals surface area contributed by atoms with Gasteiger partial charge in [0.15, 0.2) is 0 Å². The molecule has 32 heavy (non-hydrogen) atoms. The highest BCUT2D eigenvalue weighted by atomic mass is 19.3. The van der Waals surface area contributed by atoms with E-state index in [1.807, 2.05) is 43.3 Å². The summed E-state index contributed by atoms with van der Waals surface area (Å²) in [5, 5.41) is 0. The van der Waals surface area contributed by atoms with E-state index in [2.05, 4.69) is 18.8 Å². The van der Waals surface area contributed by atoms with Crippen LogP contribution in [0.3, 0.4) is 0 Å². The number of hydrogen-bond donors (Lipinski definition) is 0. The van der Waals surface area contributed by atoms with Crippen LogP contribution in [-0.2, 0) is 6.11 Å². The van der Waals surface area contributed by atoms with Crippen LogP contribution in [0, 0.1) is 24.7 Å². The van der Waals surface area contributed by atoms with Crippen molar-refractivity contribution in [1.29, 1.82) is 0 Å². The quantitative estimate of drug-likeness (QED) is 0.383. The molecule has 0 unspecified atom stereocenters. The molecule has 0 atom stereocenters. The molecule has 0 amide bonds. The van der Waals surface area contributed by atoms with Gasteiger partial charge in [0.05, 0.1) is 5.56 Å². The van der Waals surface area contributed by atoms with Gasteiger partial charge in [0.25, 0.3) is 0 Å². The van der Waals surface area contributed by atoms with Crippen molar-refractivity contribution in [2.45, 2.75) is 51.6 Å². The third-order valence-electron chi connectivity index (χ3n) is 6.24. The van der Waals surface area contributed by atoms with Gasteiger partial charge in [-0.15, -0.1) is 0 Å². The fourth-order valence-electron chi connectivity index (χ4n) is 4.14. The highest BCUT2D eigenvalue weighted by Crippen LogP contribution is 2.37. The Hall–Kier alpha value is -3.12. The van der Waals surface area contributed by atoms with Crippen LogP contribution in [-0.4, -0.2) is 0 Å². The molecule has 3 heteroatoms. The van der Waals surface area contributed by atoms with Gasteiger partial charge >= 0.3 is 6.11 Å². The predicted molar refractivity (Wildman–Crippen MR) is 125 cm³/mol. The maximum absolute atomic E-state index is 14.7. The number of ether oxygens (including phenoxy) is 1. The van der Waals surface area contributed by atoms with Crippen molar-refractivity contribution in [2.24, 2.45) is 5.92 Å². The van der Waals surface area contributed by atoms with Crippen LogP contribution in [0.2, 0.25) is 0 Å². The lowest BCUT2D eigenvalue weighted by atomic mass is 9.79. The first-order chi connectivity index (χ1) is 15.4. The lowest BCUT2D eigenvalue weighted by molar-refractivity contribution is -0.185. The van der Waals surface area contributed by atoms with Gasteiger partial charge in [0.2, 0.25) is 0 Å². The second kappa shape index (κ2) is 9.57. The molecular formula is C29H28F2O. The largest absolute Gasteiger partial charge is 0.429 e. The van der Waals surface area contributed by atoms with Gasteiger partial charge in [-0.2, -0.15) is 8.78 Å². The fraction of sp³-hybridized carbons (Fsp3) is 0.310. The van der Waals surface area contributed by atoms with Crippen LogP contribution in [0.5, 0.6) is 5.75 Å². The van der Waals surface area contributed by atoms with Crippen LogP contribution >= 0.6 is 0 Å². The number of benzene rings is 3. The Morgan fingerprint density at radius 2 is 1.28 bits per heavy atom. The van der Waals surface area contributed by atoms with E-state index in [4.69, 9.17) is 4.74 Å². The second-order valence-electron chi connectivity index (χ2n) is 8.84. The first-order valence-electron chi connectivity index (χ1n) is 11.2. The summed E-state index contributed by atoms with van der Waals surface area (Å²) in [5.74, 6) is 7.54. The fourth-order valence-corrected chi connectivity index (χ4v) is 4.14. The molecule has 0 heterocycles. The van der Waals surface area contributed by atoms with E-state index in [1.54, 1.807) is 24.3 Å². The van der Waals surface area contributed by atoms with Crippen LogP contribution in [0.4, 0.5) is 8.78 Å². The van der Waals surface area contributed by atoms with Gasteiger partial charge in [-0.1, -0.05) is 61.4 Å². The molecule has 0 saturated heterocycles. The van der Waals surface area contributed by atoms with Gasteiger partial charge in [0, 0.05) is 11.1 Å². The molecule has 0 aliphatic heterocycles. The number of alkyl halides is 2. The average molecular weight is 431 g/mol. The summed E-state index contributed by atoms with van der Waals surface area (Å²) >= 11 is 0. The zero-order chi connectivity index (χ0) is 22.6. The third-order valence-corrected chi connectivity index (χ3v) is 6.24. The molecule has 0 radical (unpaired) electrons. The summed E-state index contributed by atoms with van der Waals surface area (Å²) in [7, 11) is 0. The lowest BCUT2D eigenvalue weighted by Crippen LogP contribution is -2.21. The summed E-state index contributed by atoms with van der Waals surface area (Å²) in [6, 6.07) is 21.0. The topological polar surface area (TPSA) is 9.23 Å². The molecule has 1 nitrogen and oxygen atoms in total. The van der Waals surface area contributed by atoms with Gasteiger partial charge in [-0.25, -0.2) is 0 Å². The van der Waals surface area contributed by atoms with Gasteiger partial charge in [0.1, 0.15) is 5.75 Å². The molecule has 0 N–H and O–H groups in total.